The molecule has 30 heavy (non-hydrogen) atoms. The molecule has 9 heteroatoms. The maximum atomic E-state index is 12.2. The molecule has 0 bridgehead atoms. The third kappa shape index (κ3) is 6.40. The molecule has 2 rings (SSSR count). The van der Waals surface area contributed by atoms with Gasteiger partial charge < -0.3 is 25.9 Å². The third-order valence-corrected chi connectivity index (χ3v) is 4.20. The average Bonchev–Trinajstić information content (AvgIpc) is 2.69. The standard InChI is InChI=1S/C21H25ClN4O4/c1-21(2,3)20(28)30-12-29-19(27)17(26-24)18(23)25-16-10-6-14(7-11-16)13-4-8-15(22)9-5-13/h4-11,25-26H,12,23-24H2,1-3H3/b18-17+. The van der Waals surface area contributed by atoms with Crippen LogP contribution in [0.2, 0.25) is 5.02 Å². The normalized spacial score (nSPS) is 11.9. The zero-order valence-corrected chi connectivity index (χ0v) is 17.7. The summed E-state index contributed by atoms with van der Waals surface area (Å²) in [7, 11) is 0. The first kappa shape index (κ1) is 23.1. The van der Waals surface area contributed by atoms with Gasteiger partial charge in [0.2, 0.25) is 6.79 Å². The summed E-state index contributed by atoms with van der Waals surface area (Å²) in [5.74, 6) is 3.96. The van der Waals surface area contributed by atoms with Crippen LogP contribution >= 0.6 is 11.6 Å². The minimum Gasteiger partial charge on any atom is -0.427 e. The highest BCUT2D eigenvalue weighted by Crippen LogP contribution is 2.23. The van der Waals surface area contributed by atoms with Crippen molar-refractivity contribution in [1.29, 1.82) is 0 Å². The summed E-state index contributed by atoms with van der Waals surface area (Å²) in [5.41, 5.74) is 9.83. The molecule has 0 amide bonds. The van der Waals surface area contributed by atoms with Gasteiger partial charge in [0.05, 0.1) is 5.41 Å². The number of hydrazine groups is 1. The van der Waals surface area contributed by atoms with Gasteiger partial charge in [0.1, 0.15) is 5.82 Å². The number of carbonyl (C=O) groups is 2. The van der Waals surface area contributed by atoms with E-state index in [1.807, 2.05) is 36.4 Å². The number of esters is 2. The molecular formula is C21H25ClN4O4. The highest BCUT2D eigenvalue weighted by atomic mass is 35.5. The summed E-state index contributed by atoms with van der Waals surface area (Å²) < 4.78 is 9.78. The lowest BCUT2D eigenvalue weighted by Gasteiger charge is -2.17. The Kier molecular flexibility index (Phi) is 7.68. The minimum absolute atomic E-state index is 0.0520. The Labute approximate surface area is 180 Å². The van der Waals surface area contributed by atoms with Crippen LogP contribution in [0.3, 0.4) is 0 Å². The topological polar surface area (TPSA) is 129 Å². The molecule has 6 N–H and O–H groups in total. The quantitative estimate of drug-likeness (QED) is 0.173. The molecule has 0 fully saturated rings. The summed E-state index contributed by atoms with van der Waals surface area (Å²) in [5, 5.41) is 3.53. The van der Waals surface area contributed by atoms with E-state index in [-0.39, 0.29) is 11.5 Å². The molecule has 0 saturated carbocycles. The number of nitrogens with one attached hydrogen (secondary N) is 2. The van der Waals surface area contributed by atoms with Crippen molar-refractivity contribution in [2.45, 2.75) is 20.8 Å². The van der Waals surface area contributed by atoms with Gasteiger partial charge in [0.25, 0.3) is 0 Å². The summed E-state index contributed by atoms with van der Waals surface area (Å²) in [6.07, 6.45) is 0. The van der Waals surface area contributed by atoms with Crippen molar-refractivity contribution in [3.8, 4) is 11.1 Å². The fourth-order valence-electron chi connectivity index (χ4n) is 2.28. The van der Waals surface area contributed by atoms with E-state index in [1.165, 1.54) is 0 Å². The summed E-state index contributed by atoms with van der Waals surface area (Å²) in [6.45, 7) is 4.50. The lowest BCUT2D eigenvalue weighted by atomic mass is 9.98. The second-order valence-corrected chi connectivity index (χ2v) is 7.81. The van der Waals surface area contributed by atoms with Gasteiger partial charge >= 0.3 is 11.9 Å². The van der Waals surface area contributed by atoms with E-state index in [1.54, 1.807) is 32.9 Å². The van der Waals surface area contributed by atoms with E-state index in [9.17, 15) is 9.59 Å². The predicted octanol–water partition coefficient (Wildman–Crippen LogP) is 3.10. The Morgan fingerprint density at radius 2 is 1.50 bits per heavy atom. The van der Waals surface area contributed by atoms with Crippen LogP contribution < -0.4 is 22.3 Å². The first-order valence-electron chi connectivity index (χ1n) is 9.05. The van der Waals surface area contributed by atoms with Crippen molar-refractivity contribution in [2.75, 3.05) is 12.1 Å². The Morgan fingerprint density at radius 1 is 0.967 bits per heavy atom. The van der Waals surface area contributed by atoms with Crippen molar-refractivity contribution >= 4 is 29.2 Å². The van der Waals surface area contributed by atoms with Crippen molar-refractivity contribution < 1.29 is 19.1 Å². The van der Waals surface area contributed by atoms with Gasteiger partial charge in [-0.2, -0.15) is 0 Å². The number of hydrogen-bond acceptors (Lipinski definition) is 8. The zero-order chi connectivity index (χ0) is 22.3. The van der Waals surface area contributed by atoms with E-state index in [0.717, 1.165) is 11.1 Å². The van der Waals surface area contributed by atoms with Crippen LogP contribution in [0.25, 0.3) is 11.1 Å². The Bertz CT molecular complexity index is 920. The molecule has 160 valence electrons. The molecule has 0 atom stereocenters. The number of nitrogens with two attached hydrogens (primary N) is 2. The van der Waals surface area contributed by atoms with Crippen molar-refractivity contribution in [3.63, 3.8) is 0 Å². The van der Waals surface area contributed by atoms with Gasteiger partial charge in [-0.1, -0.05) is 35.9 Å². The first-order chi connectivity index (χ1) is 14.1. The fourth-order valence-corrected chi connectivity index (χ4v) is 2.40. The lowest BCUT2D eigenvalue weighted by Crippen LogP contribution is -2.34. The summed E-state index contributed by atoms with van der Waals surface area (Å²) in [6, 6.07) is 14.8. The SMILES string of the molecule is CC(C)(C)C(=O)OCOC(=O)/C(NN)=C(/N)Nc1ccc(-c2ccc(Cl)cc2)cc1. The Hall–Kier alpha value is -3.23. The van der Waals surface area contributed by atoms with E-state index >= 15 is 0 Å². The highest BCUT2D eigenvalue weighted by Gasteiger charge is 2.24. The molecule has 2 aromatic rings. The van der Waals surface area contributed by atoms with Gasteiger partial charge in [-0.3, -0.25) is 10.6 Å². The smallest absolute Gasteiger partial charge is 0.362 e. The van der Waals surface area contributed by atoms with Gasteiger partial charge in [0, 0.05) is 10.7 Å². The number of carbonyl (C=O) groups excluding carboxylic acids is 2. The number of halogens is 1. The molecule has 0 spiro atoms. The molecule has 0 radical (unpaired) electrons. The molecule has 8 nitrogen and oxygen atoms in total. The number of anilines is 1. The molecule has 0 unspecified atom stereocenters. The fraction of sp³-hybridized carbons (Fsp3) is 0.238. The number of ether oxygens (including phenoxy) is 2. The van der Waals surface area contributed by atoms with E-state index in [2.05, 4.69) is 10.7 Å². The summed E-state index contributed by atoms with van der Waals surface area (Å²) in [4.78, 5) is 23.9. The van der Waals surface area contributed by atoms with Crippen LogP contribution in [0.4, 0.5) is 5.69 Å². The average molecular weight is 433 g/mol. The van der Waals surface area contributed by atoms with Crippen molar-refractivity contribution in [3.05, 3.63) is 65.1 Å². The van der Waals surface area contributed by atoms with E-state index < -0.39 is 24.1 Å². The molecule has 0 aliphatic rings. The van der Waals surface area contributed by atoms with Gasteiger partial charge in [0.15, 0.2) is 5.70 Å². The molecular weight excluding hydrogens is 408 g/mol. The van der Waals surface area contributed by atoms with Crippen LogP contribution in [-0.4, -0.2) is 18.7 Å². The molecule has 2 aromatic carbocycles. The molecule has 0 aromatic heterocycles. The van der Waals surface area contributed by atoms with Crippen LogP contribution in [0.1, 0.15) is 20.8 Å². The number of rotatable bonds is 7. The number of benzene rings is 2. The van der Waals surface area contributed by atoms with Gasteiger partial charge in [-0.15, -0.1) is 0 Å². The van der Waals surface area contributed by atoms with Gasteiger partial charge in [-0.25, -0.2) is 4.79 Å². The maximum absolute atomic E-state index is 12.2. The number of hydrogen-bond donors (Lipinski definition) is 4. The van der Waals surface area contributed by atoms with Crippen molar-refractivity contribution in [2.24, 2.45) is 17.0 Å². The summed E-state index contributed by atoms with van der Waals surface area (Å²) >= 11 is 5.91. The first-order valence-corrected chi connectivity index (χ1v) is 9.43. The molecule has 0 aliphatic heterocycles. The monoisotopic (exact) mass is 432 g/mol. The van der Waals surface area contributed by atoms with Crippen LogP contribution in [0, 0.1) is 5.41 Å². The largest absolute Gasteiger partial charge is 0.427 e. The molecule has 0 heterocycles. The predicted molar refractivity (Wildman–Crippen MR) is 116 cm³/mol. The highest BCUT2D eigenvalue weighted by molar-refractivity contribution is 6.30. The van der Waals surface area contributed by atoms with Crippen LogP contribution in [-0.2, 0) is 19.1 Å². The van der Waals surface area contributed by atoms with E-state index in [4.69, 9.17) is 32.7 Å². The van der Waals surface area contributed by atoms with Gasteiger partial charge in [-0.05, 0) is 56.2 Å². The second kappa shape index (κ2) is 10.00. The van der Waals surface area contributed by atoms with Crippen molar-refractivity contribution in [1.82, 2.24) is 5.43 Å². The third-order valence-electron chi connectivity index (χ3n) is 3.95. The Balaban J connectivity index is 2.01. The maximum Gasteiger partial charge on any atom is 0.362 e. The lowest BCUT2D eigenvalue weighted by molar-refractivity contribution is -0.171. The van der Waals surface area contributed by atoms with Crippen LogP contribution in [0.15, 0.2) is 60.0 Å². The zero-order valence-electron chi connectivity index (χ0n) is 17.0. The van der Waals surface area contributed by atoms with Crippen LogP contribution in [0.5, 0.6) is 0 Å². The Morgan fingerprint density at radius 3 is 2.00 bits per heavy atom. The second-order valence-electron chi connectivity index (χ2n) is 7.37. The molecule has 0 aliphatic carbocycles. The van der Waals surface area contributed by atoms with E-state index in [0.29, 0.717) is 10.7 Å². The minimum atomic E-state index is -0.873. The molecule has 0 saturated heterocycles.